The van der Waals surface area contributed by atoms with Gasteiger partial charge in [0, 0.05) is 0 Å². The molecule has 136 valence electrons. The first-order chi connectivity index (χ1) is 11.3. The third-order valence-electron chi connectivity index (χ3n) is 4.14. The van der Waals surface area contributed by atoms with Gasteiger partial charge in [0.2, 0.25) is 0 Å². The molecule has 0 fully saturated rings. The average molecular weight is 326 g/mol. The molecule has 0 unspecified atom stereocenters. The molecule has 0 bridgehead atoms. The van der Waals surface area contributed by atoms with E-state index in [0.29, 0.717) is 0 Å². The Hall–Kier alpha value is -0.830. The summed E-state index contributed by atoms with van der Waals surface area (Å²) in [6, 6.07) is 0. The van der Waals surface area contributed by atoms with Crippen LogP contribution in [-0.2, 0) is 4.79 Å². The smallest absolute Gasteiger partial charge is 0.317 e. The van der Waals surface area contributed by atoms with E-state index in [1.807, 2.05) is 0 Å². The standard InChI is InChI=1S/C20H39NO2/c1-2-3-4-5-6-7-8-9-10-11-12-13-14-15-16-17-18-21-19-20(22)23/h9-10,21H,2-8,11-19H2,1H3,(H,22,23). The van der Waals surface area contributed by atoms with Crippen LogP contribution >= 0.6 is 0 Å². The molecule has 0 saturated heterocycles. The minimum absolute atomic E-state index is 0.0884. The quantitative estimate of drug-likeness (QED) is 0.251. The Balaban J connectivity index is 3.06. The number of hydrogen-bond acceptors (Lipinski definition) is 2. The van der Waals surface area contributed by atoms with E-state index in [0.717, 1.165) is 13.0 Å². The SMILES string of the molecule is CCCCCCCCC=CCCCCCCCCNCC(=O)O. The number of hydrogen-bond donors (Lipinski definition) is 2. The molecule has 2 N–H and O–H groups in total. The third-order valence-corrected chi connectivity index (χ3v) is 4.14. The maximum Gasteiger partial charge on any atom is 0.317 e. The summed E-state index contributed by atoms with van der Waals surface area (Å²) in [5.41, 5.74) is 0. The number of carboxylic acids is 1. The lowest BCUT2D eigenvalue weighted by atomic mass is 10.1. The molecule has 0 aromatic heterocycles. The molecule has 0 aliphatic heterocycles. The summed E-state index contributed by atoms with van der Waals surface area (Å²) in [6.07, 6.45) is 23.0. The number of nitrogens with one attached hydrogen (secondary N) is 1. The van der Waals surface area contributed by atoms with Crippen molar-refractivity contribution in [3.63, 3.8) is 0 Å². The lowest BCUT2D eigenvalue weighted by Crippen LogP contribution is -2.23. The Labute approximate surface area is 143 Å². The molecule has 0 spiro atoms. The predicted molar refractivity (Wildman–Crippen MR) is 100.0 cm³/mol. The van der Waals surface area contributed by atoms with Crippen molar-refractivity contribution in [3.8, 4) is 0 Å². The van der Waals surface area contributed by atoms with Crippen LogP contribution in [-0.4, -0.2) is 24.2 Å². The van der Waals surface area contributed by atoms with Crippen LogP contribution in [0.25, 0.3) is 0 Å². The molecule has 0 radical (unpaired) electrons. The highest BCUT2D eigenvalue weighted by Gasteiger charge is 1.95. The second-order valence-electron chi connectivity index (χ2n) is 6.51. The van der Waals surface area contributed by atoms with E-state index in [-0.39, 0.29) is 6.54 Å². The van der Waals surface area contributed by atoms with Gasteiger partial charge in [0.15, 0.2) is 0 Å². The van der Waals surface area contributed by atoms with Gasteiger partial charge >= 0.3 is 5.97 Å². The van der Waals surface area contributed by atoms with E-state index < -0.39 is 5.97 Å². The Morgan fingerprint density at radius 2 is 1.26 bits per heavy atom. The van der Waals surface area contributed by atoms with Crippen molar-refractivity contribution >= 4 is 5.97 Å². The zero-order valence-electron chi connectivity index (χ0n) is 15.3. The first-order valence-electron chi connectivity index (χ1n) is 9.85. The van der Waals surface area contributed by atoms with Gasteiger partial charge in [-0.1, -0.05) is 76.9 Å². The van der Waals surface area contributed by atoms with Crippen LogP contribution in [0.15, 0.2) is 12.2 Å². The van der Waals surface area contributed by atoms with E-state index in [1.54, 1.807) is 0 Å². The van der Waals surface area contributed by atoms with Crippen LogP contribution in [0, 0.1) is 0 Å². The summed E-state index contributed by atoms with van der Waals surface area (Å²) in [5, 5.41) is 11.4. The summed E-state index contributed by atoms with van der Waals surface area (Å²) in [6.45, 7) is 3.18. The molecule has 3 heteroatoms. The minimum Gasteiger partial charge on any atom is -0.480 e. The van der Waals surface area contributed by atoms with Gasteiger partial charge in [-0.05, 0) is 38.6 Å². The van der Waals surface area contributed by atoms with Gasteiger partial charge < -0.3 is 10.4 Å². The molecule has 3 nitrogen and oxygen atoms in total. The normalized spacial score (nSPS) is 11.3. The summed E-state index contributed by atoms with van der Waals surface area (Å²) in [5.74, 6) is -0.769. The van der Waals surface area contributed by atoms with Gasteiger partial charge in [-0.2, -0.15) is 0 Å². The molecular formula is C20H39NO2. The van der Waals surface area contributed by atoms with Crippen LogP contribution in [0.4, 0.5) is 0 Å². The summed E-state index contributed by atoms with van der Waals surface area (Å²) in [7, 11) is 0. The fourth-order valence-electron chi connectivity index (χ4n) is 2.69. The Morgan fingerprint density at radius 3 is 1.78 bits per heavy atom. The average Bonchev–Trinajstić information content (AvgIpc) is 2.53. The zero-order chi connectivity index (χ0) is 17.0. The maximum atomic E-state index is 10.3. The lowest BCUT2D eigenvalue weighted by molar-refractivity contribution is -0.135. The number of rotatable bonds is 18. The van der Waals surface area contributed by atoms with E-state index in [1.165, 1.54) is 83.5 Å². The molecule has 0 aromatic carbocycles. The minimum atomic E-state index is -0.769. The molecule has 0 amide bonds. The number of aliphatic carboxylic acids is 1. The topological polar surface area (TPSA) is 49.3 Å². The maximum absolute atomic E-state index is 10.3. The number of unbranched alkanes of at least 4 members (excludes halogenated alkanes) is 12. The molecular weight excluding hydrogens is 286 g/mol. The van der Waals surface area contributed by atoms with Crippen molar-refractivity contribution in [1.82, 2.24) is 5.32 Å². The molecule has 0 heterocycles. The predicted octanol–water partition coefficient (Wildman–Crippen LogP) is 5.70. The van der Waals surface area contributed by atoms with E-state index in [4.69, 9.17) is 5.11 Å². The van der Waals surface area contributed by atoms with Crippen molar-refractivity contribution in [1.29, 1.82) is 0 Å². The summed E-state index contributed by atoms with van der Waals surface area (Å²) in [4.78, 5) is 10.3. The second-order valence-corrected chi connectivity index (χ2v) is 6.51. The van der Waals surface area contributed by atoms with Crippen molar-refractivity contribution in [2.24, 2.45) is 0 Å². The third kappa shape index (κ3) is 21.2. The van der Waals surface area contributed by atoms with E-state index >= 15 is 0 Å². The molecule has 0 aromatic rings. The molecule has 0 saturated carbocycles. The van der Waals surface area contributed by atoms with E-state index in [2.05, 4.69) is 24.4 Å². The number of carboxylic acid groups (broad SMARTS) is 1. The van der Waals surface area contributed by atoms with E-state index in [9.17, 15) is 4.79 Å². The highest BCUT2D eigenvalue weighted by molar-refractivity contribution is 5.68. The molecule has 0 rings (SSSR count). The largest absolute Gasteiger partial charge is 0.480 e. The fourth-order valence-corrected chi connectivity index (χ4v) is 2.69. The van der Waals surface area contributed by atoms with Crippen LogP contribution in [0.5, 0.6) is 0 Å². The van der Waals surface area contributed by atoms with Crippen LogP contribution < -0.4 is 5.32 Å². The van der Waals surface area contributed by atoms with Crippen molar-refractivity contribution in [2.75, 3.05) is 13.1 Å². The van der Waals surface area contributed by atoms with Crippen LogP contribution in [0.1, 0.15) is 96.8 Å². The molecule has 0 atom stereocenters. The number of allylic oxidation sites excluding steroid dienone is 2. The summed E-state index contributed by atoms with van der Waals surface area (Å²) >= 11 is 0. The van der Waals surface area contributed by atoms with Crippen LogP contribution in [0.2, 0.25) is 0 Å². The Morgan fingerprint density at radius 1 is 0.783 bits per heavy atom. The highest BCUT2D eigenvalue weighted by atomic mass is 16.4. The lowest BCUT2D eigenvalue weighted by Gasteiger charge is -2.02. The second kappa shape index (κ2) is 19.2. The highest BCUT2D eigenvalue weighted by Crippen LogP contribution is 2.09. The van der Waals surface area contributed by atoms with Crippen molar-refractivity contribution in [3.05, 3.63) is 12.2 Å². The summed E-state index contributed by atoms with van der Waals surface area (Å²) < 4.78 is 0. The van der Waals surface area contributed by atoms with Gasteiger partial charge in [-0.3, -0.25) is 4.79 Å². The van der Waals surface area contributed by atoms with Gasteiger partial charge in [-0.15, -0.1) is 0 Å². The zero-order valence-corrected chi connectivity index (χ0v) is 15.3. The molecule has 0 aliphatic carbocycles. The fraction of sp³-hybridized carbons (Fsp3) is 0.850. The first-order valence-corrected chi connectivity index (χ1v) is 9.85. The first kappa shape index (κ1) is 22.2. The Bertz CT molecular complexity index is 277. The van der Waals surface area contributed by atoms with Gasteiger partial charge in [0.25, 0.3) is 0 Å². The number of carbonyl (C=O) groups is 1. The van der Waals surface area contributed by atoms with Gasteiger partial charge in [0.05, 0.1) is 6.54 Å². The van der Waals surface area contributed by atoms with Gasteiger partial charge in [-0.25, -0.2) is 0 Å². The van der Waals surface area contributed by atoms with Gasteiger partial charge in [0.1, 0.15) is 0 Å². The van der Waals surface area contributed by atoms with Crippen molar-refractivity contribution in [2.45, 2.75) is 96.8 Å². The van der Waals surface area contributed by atoms with Crippen molar-refractivity contribution < 1.29 is 9.90 Å². The Kier molecular flexibility index (Phi) is 18.5. The molecule has 23 heavy (non-hydrogen) atoms. The monoisotopic (exact) mass is 325 g/mol. The van der Waals surface area contributed by atoms with Crippen LogP contribution in [0.3, 0.4) is 0 Å². The molecule has 0 aliphatic rings.